The summed E-state index contributed by atoms with van der Waals surface area (Å²) in [5, 5.41) is 2.56. The van der Waals surface area contributed by atoms with Crippen LogP contribution >= 0.6 is 0 Å². The van der Waals surface area contributed by atoms with Crippen LogP contribution in [0.15, 0.2) is 42.5 Å². The Hall–Kier alpha value is -2.63. The smallest absolute Gasteiger partial charge is 0.407 e. The third-order valence-corrected chi connectivity index (χ3v) is 3.69. The number of alkyl carbamates (subject to hydrolysis) is 1. The Morgan fingerprint density at radius 1 is 1.15 bits per heavy atom. The third-order valence-electron chi connectivity index (χ3n) is 3.69. The van der Waals surface area contributed by atoms with Gasteiger partial charge in [-0.2, -0.15) is 0 Å². The molecule has 1 rings (SSSR count). The molecular formula is C20H28N2O4. The fourth-order valence-corrected chi connectivity index (χ4v) is 2.35. The SMILES string of the molecule is CCCCCCOC(=O)N[C@@H](/C=C/C(=O)Cc1ccccc1)CC(N)=O. The first-order valence-corrected chi connectivity index (χ1v) is 8.97. The molecule has 0 aromatic heterocycles. The van der Waals surface area contributed by atoms with Crippen molar-refractivity contribution in [2.75, 3.05) is 6.61 Å². The van der Waals surface area contributed by atoms with Gasteiger partial charge < -0.3 is 15.8 Å². The van der Waals surface area contributed by atoms with Crippen LogP contribution in [0.25, 0.3) is 0 Å². The van der Waals surface area contributed by atoms with E-state index in [4.69, 9.17) is 10.5 Å². The number of ether oxygens (including phenoxy) is 1. The van der Waals surface area contributed by atoms with E-state index in [1.807, 2.05) is 30.3 Å². The van der Waals surface area contributed by atoms with Gasteiger partial charge in [0.05, 0.1) is 19.1 Å². The molecule has 6 heteroatoms. The topological polar surface area (TPSA) is 98.5 Å². The zero-order chi connectivity index (χ0) is 19.2. The molecule has 6 nitrogen and oxygen atoms in total. The number of unbranched alkanes of at least 4 members (excludes halogenated alkanes) is 3. The number of primary amides is 1. The van der Waals surface area contributed by atoms with Gasteiger partial charge in [-0.3, -0.25) is 9.59 Å². The average molecular weight is 360 g/mol. The predicted molar refractivity (Wildman–Crippen MR) is 101 cm³/mol. The molecule has 0 spiro atoms. The van der Waals surface area contributed by atoms with Crippen LogP contribution in [0.2, 0.25) is 0 Å². The zero-order valence-electron chi connectivity index (χ0n) is 15.3. The summed E-state index contributed by atoms with van der Waals surface area (Å²) in [6.45, 7) is 2.43. The van der Waals surface area contributed by atoms with Gasteiger partial charge in [-0.05, 0) is 18.1 Å². The second-order valence-corrected chi connectivity index (χ2v) is 6.11. The molecule has 0 radical (unpaired) electrons. The molecule has 26 heavy (non-hydrogen) atoms. The molecule has 1 atom stereocenters. The van der Waals surface area contributed by atoms with Gasteiger partial charge in [-0.1, -0.05) is 62.6 Å². The first-order chi connectivity index (χ1) is 12.5. The number of carbonyl (C=O) groups excluding carboxylic acids is 3. The third kappa shape index (κ3) is 10.3. The number of ketones is 1. The van der Waals surface area contributed by atoms with E-state index in [-0.39, 0.29) is 18.6 Å². The highest BCUT2D eigenvalue weighted by atomic mass is 16.5. The fourth-order valence-electron chi connectivity index (χ4n) is 2.35. The van der Waals surface area contributed by atoms with E-state index >= 15 is 0 Å². The lowest BCUT2D eigenvalue weighted by Crippen LogP contribution is -2.37. The summed E-state index contributed by atoms with van der Waals surface area (Å²) in [6.07, 6.45) is 6.39. The Balaban J connectivity index is 2.47. The monoisotopic (exact) mass is 360 g/mol. The molecular weight excluding hydrogens is 332 g/mol. The second-order valence-electron chi connectivity index (χ2n) is 6.11. The molecule has 0 saturated heterocycles. The Morgan fingerprint density at radius 2 is 1.88 bits per heavy atom. The summed E-state index contributed by atoms with van der Waals surface area (Å²) in [5.41, 5.74) is 6.10. The summed E-state index contributed by atoms with van der Waals surface area (Å²) in [7, 11) is 0. The number of benzene rings is 1. The molecule has 1 aromatic carbocycles. The maximum absolute atomic E-state index is 12.0. The zero-order valence-corrected chi connectivity index (χ0v) is 15.3. The normalized spacial score (nSPS) is 11.9. The van der Waals surface area contributed by atoms with Crippen molar-refractivity contribution in [3.05, 3.63) is 48.0 Å². The molecule has 0 bridgehead atoms. The summed E-state index contributed by atoms with van der Waals surface area (Å²) in [4.78, 5) is 35.0. The van der Waals surface area contributed by atoms with Gasteiger partial charge in [0.2, 0.25) is 5.91 Å². The summed E-state index contributed by atoms with van der Waals surface area (Å²) in [6, 6.07) is 8.66. The van der Waals surface area contributed by atoms with Crippen LogP contribution < -0.4 is 11.1 Å². The van der Waals surface area contributed by atoms with E-state index in [0.29, 0.717) is 6.61 Å². The molecule has 0 aliphatic rings. The number of allylic oxidation sites excluding steroid dienone is 1. The van der Waals surface area contributed by atoms with E-state index in [1.165, 1.54) is 12.2 Å². The standard InChI is InChI=1S/C20H28N2O4/c1-2-3-4-8-13-26-20(25)22-17(15-19(21)24)11-12-18(23)14-16-9-6-5-7-10-16/h5-7,9-12,17H,2-4,8,13-15H2,1H3,(H2,21,24)(H,22,25)/b12-11+/t17-/m0/s1. The highest BCUT2D eigenvalue weighted by Gasteiger charge is 2.13. The number of carbonyl (C=O) groups is 3. The molecule has 142 valence electrons. The Kier molecular flexibility index (Phi) is 10.5. The highest BCUT2D eigenvalue weighted by Crippen LogP contribution is 2.03. The van der Waals surface area contributed by atoms with Crippen molar-refractivity contribution in [2.45, 2.75) is 51.5 Å². The van der Waals surface area contributed by atoms with E-state index in [1.54, 1.807) is 0 Å². The van der Waals surface area contributed by atoms with Gasteiger partial charge in [0.25, 0.3) is 0 Å². The van der Waals surface area contributed by atoms with Crippen molar-refractivity contribution in [3.63, 3.8) is 0 Å². The van der Waals surface area contributed by atoms with E-state index in [2.05, 4.69) is 12.2 Å². The van der Waals surface area contributed by atoms with Gasteiger partial charge in [0.1, 0.15) is 0 Å². The minimum atomic E-state index is -0.671. The molecule has 0 heterocycles. The quantitative estimate of drug-likeness (QED) is 0.442. The van der Waals surface area contributed by atoms with Gasteiger partial charge in [0, 0.05) is 6.42 Å². The molecule has 1 aromatic rings. The molecule has 0 unspecified atom stereocenters. The molecule has 0 aliphatic heterocycles. The summed E-state index contributed by atoms with van der Waals surface area (Å²) >= 11 is 0. The lowest BCUT2D eigenvalue weighted by molar-refractivity contribution is -0.118. The van der Waals surface area contributed by atoms with Crippen LogP contribution in [0.3, 0.4) is 0 Å². The van der Waals surface area contributed by atoms with Crippen LogP contribution in [-0.4, -0.2) is 30.4 Å². The highest BCUT2D eigenvalue weighted by molar-refractivity contribution is 5.91. The lowest BCUT2D eigenvalue weighted by atomic mass is 10.1. The van der Waals surface area contributed by atoms with Crippen LogP contribution in [-0.2, 0) is 20.7 Å². The number of nitrogens with two attached hydrogens (primary N) is 1. The number of amides is 2. The maximum atomic E-state index is 12.0. The first-order valence-electron chi connectivity index (χ1n) is 8.97. The summed E-state index contributed by atoms with van der Waals surface area (Å²) in [5.74, 6) is -0.696. The second kappa shape index (κ2) is 12.7. The van der Waals surface area contributed by atoms with Crippen LogP contribution in [0.5, 0.6) is 0 Å². The average Bonchev–Trinajstić information content (AvgIpc) is 2.60. The molecule has 0 saturated carbocycles. The lowest BCUT2D eigenvalue weighted by Gasteiger charge is -2.13. The van der Waals surface area contributed by atoms with E-state index in [9.17, 15) is 14.4 Å². The minimum Gasteiger partial charge on any atom is -0.450 e. The summed E-state index contributed by atoms with van der Waals surface area (Å²) < 4.78 is 5.08. The van der Waals surface area contributed by atoms with Crippen molar-refractivity contribution in [3.8, 4) is 0 Å². The van der Waals surface area contributed by atoms with Crippen molar-refractivity contribution < 1.29 is 19.1 Å². The van der Waals surface area contributed by atoms with E-state index < -0.39 is 18.0 Å². The van der Waals surface area contributed by atoms with Crippen molar-refractivity contribution in [2.24, 2.45) is 5.73 Å². The van der Waals surface area contributed by atoms with Gasteiger partial charge in [-0.25, -0.2) is 4.79 Å². The number of hydrogen-bond donors (Lipinski definition) is 2. The van der Waals surface area contributed by atoms with Crippen molar-refractivity contribution >= 4 is 17.8 Å². The van der Waals surface area contributed by atoms with Crippen LogP contribution in [0.4, 0.5) is 4.79 Å². The molecule has 0 aliphatic carbocycles. The molecule has 2 amide bonds. The van der Waals surface area contributed by atoms with Crippen LogP contribution in [0, 0.1) is 0 Å². The number of rotatable bonds is 12. The largest absolute Gasteiger partial charge is 0.450 e. The fraction of sp³-hybridized carbons (Fsp3) is 0.450. The van der Waals surface area contributed by atoms with Crippen LogP contribution in [0.1, 0.15) is 44.6 Å². The van der Waals surface area contributed by atoms with E-state index in [0.717, 1.165) is 31.2 Å². The first kappa shape index (κ1) is 21.4. The molecule has 3 N–H and O–H groups in total. The number of hydrogen-bond acceptors (Lipinski definition) is 4. The Labute approximate surface area is 154 Å². The van der Waals surface area contributed by atoms with Crippen molar-refractivity contribution in [1.29, 1.82) is 0 Å². The minimum absolute atomic E-state index is 0.0972. The Morgan fingerprint density at radius 3 is 2.54 bits per heavy atom. The van der Waals surface area contributed by atoms with Gasteiger partial charge >= 0.3 is 6.09 Å². The molecule has 0 fully saturated rings. The predicted octanol–water partition coefficient (Wildman–Crippen LogP) is 2.90. The van der Waals surface area contributed by atoms with Gasteiger partial charge in [0.15, 0.2) is 5.78 Å². The Bertz CT molecular complexity index is 599. The van der Waals surface area contributed by atoms with Crippen molar-refractivity contribution in [1.82, 2.24) is 5.32 Å². The maximum Gasteiger partial charge on any atom is 0.407 e. The van der Waals surface area contributed by atoms with Gasteiger partial charge in [-0.15, -0.1) is 0 Å². The number of nitrogens with one attached hydrogen (secondary N) is 1.